The summed E-state index contributed by atoms with van der Waals surface area (Å²) < 4.78 is 5.50. The molecule has 0 aliphatic heterocycles. The first-order valence-corrected chi connectivity index (χ1v) is 4.76. The van der Waals surface area contributed by atoms with E-state index in [1.807, 2.05) is 27.7 Å². The van der Waals surface area contributed by atoms with Crippen molar-refractivity contribution in [2.24, 2.45) is 5.92 Å². The summed E-state index contributed by atoms with van der Waals surface area (Å²) in [7, 11) is 0. The zero-order chi connectivity index (χ0) is 10.3. The summed E-state index contributed by atoms with van der Waals surface area (Å²) >= 11 is 0. The van der Waals surface area contributed by atoms with Gasteiger partial charge in [-0.1, -0.05) is 0 Å². The van der Waals surface area contributed by atoms with E-state index in [4.69, 9.17) is 10.00 Å². The van der Waals surface area contributed by atoms with Crippen molar-refractivity contribution >= 4 is 0 Å². The second-order valence-corrected chi connectivity index (χ2v) is 3.85. The molecule has 0 aliphatic rings. The third-order valence-electron chi connectivity index (χ3n) is 1.76. The van der Waals surface area contributed by atoms with E-state index < -0.39 is 0 Å². The number of nitrogens with zero attached hydrogens (tertiary/aromatic N) is 1. The van der Waals surface area contributed by atoms with Crippen LogP contribution in [-0.2, 0) is 4.74 Å². The molecule has 3 nitrogen and oxygen atoms in total. The first-order chi connectivity index (χ1) is 6.02. The molecule has 1 atom stereocenters. The van der Waals surface area contributed by atoms with Gasteiger partial charge in [0.25, 0.3) is 0 Å². The van der Waals surface area contributed by atoms with Crippen molar-refractivity contribution in [3.63, 3.8) is 0 Å². The highest BCUT2D eigenvalue weighted by molar-refractivity contribution is 4.81. The van der Waals surface area contributed by atoms with E-state index >= 15 is 0 Å². The highest BCUT2D eigenvalue weighted by Crippen LogP contribution is 2.06. The van der Waals surface area contributed by atoms with Crippen molar-refractivity contribution in [3.05, 3.63) is 0 Å². The molecule has 0 amide bonds. The lowest BCUT2D eigenvalue weighted by atomic mass is 10.1. The monoisotopic (exact) mass is 184 g/mol. The summed E-state index contributed by atoms with van der Waals surface area (Å²) in [4.78, 5) is 0. The molecular formula is C10H20N2O. The van der Waals surface area contributed by atoms with Gasteiger partial charge in [-0.3, -0.25) is 0 Å². The molecule has 76 valence electrons. The van der Waals surface area contributed by atoms with Gasteiger partial charge in [-0.2, -0.15) is 5.26 Å². The third kappa shape index (κ3) is 6.56. The van der Waals surface area contributed by atoms with Crippen molar-refractivity contribution in [3.8, 4) is 6.07 Å². The second-order valence-electron chi connectivity index (χ2n) is 3.85. The van der Waals surface area contributed by atoms with E-state index in [0.717, 1.165) is 19.7 Å². The molecule has 0 heterocycles. The van der Waals surface area contributed by atoms with Crippen LogP contribution in [-0.4, -0.2) is 25.3 Å². The molecule has 0 saturated heterocycles. The highest BCUT2D eigenvalue weighted by atomic mass is 16.5. The molecule has 0 aliphatic carbocycles. The van der Waals surface area contributed by atoms with E-state index in [1.54, 1.807) is 0 Å². The van der Waals surface area contributed by atoms with Crippen LogP contribution in [0.5, 0.6) is 0 Å². The fraction of sp³-hybridized carbons (Fsp3) is 0.900. The molecule has 0 bridgehead atoms. The molecule has 0 fully saturated rings. The zero-order valence-electron chi connectivity index (χ0n) is 9.05. The van der Waals surface area contributed by atoms with Gasteiger partial charge in [0.2, 0.25) is 0 Å². The Labute approximate surface area is 81.1 Å². The van der Waals surface area contributed by atoms with Crippen molar-refractivity contribution < 1.29 is 4.74 Å². The Balaban J connectivity index is 3.58. The molecule has 0 saturated carbocycles. The smallest absolute Gasteiger partial charge is 0.0750 e. The van der Waals surface area contributed by atoms with Crippen LogP contribution in [0.3, 0.4) is 0 Å². The maximum Gasteiger partial charge on any atom is 0.0750 e. The van der Waals surface area contributed by atoms with Crippen molar-refractivity contribution in [2.75, 3.05) is 19.7 Å². The van der Waals surface area contributed by atoms with Gasteiger partial charge >= 0.3 is 0 Å². The minimum Gasteiger partial charge on any atom is -0.375 e. The lowest BCUT2D eigenvalue weighted by Gasteiger charge is -2.25. The number of nitriles is 1. The zero-order valence-corrected chi connectivity index (χ0v) is 9.05. The predicted octanol–water partition coefficient (Wildman–Crippen LogP) is 1.55. The van der Waals surface area contributed by atoms with E-state index in [9.17, 15) is 0 Å². The first kappa shape index (κ1) is 12.4. The van der Waals surface area contributed by atoms with E-state index in [1.165, 1.54) is 0 Å². The van der Waals surface area contributed by atoms with Crippen molar-refractivity contribution in [1.29, 1.82) is 5.26 Å². The maximum atomic E-state index is 8.55. The molecule has 13 heavy (non-hydrogen) atoms. The standard InChI is InChI=1S/C10H20N2O/c1-5-13-10(3,4)8-12-7-9(2)6-11/h9,12H,5,7-8H2,1-4H3. The van der Waals surface area contributed by atoms with Gasteiger partial charge in [-0.15, -0.1) is 0 Å². The number of hydrogen-bond donors (Lipinski definition) is 1. The molecule has 0 aromatic heterocycles. The summed E-state index contributed by atoms with van der Waals surface area (Å²) in [5, 5.41) is 11.8. The fourth-order valence-electron chi connectivity index (χ4n) is 1.08. The highest BCUT2D eigenvalue weighted by Gasteiger charge is 2.16. The molecule has 0 radical (unpaired) electrons. The van der Waals surface area contributed by atoms with E-state index in [0.29, 0.717) is 0 Å². The molecule has 0 aromatic rings. The van der Waals surface area contributed by atoms with Gasteiger partial charge in [0, 0.05) is 19.7 Å². The van der Waals surface area contributed by atoms with Gasteiger partial charge in [0.15, 0.2) is 0 Å². The lowest BCUT2D eigenvalue weighted by Crippen LogP contribution is -2.39. The Kier molecular flexibility index (Phi) is 5.68. The molecular weight excluding hydrogens is 164 g/mol. The first-order valence-electron chi connectivity index (χ1n) is 4.76. The normalized spacial score (nSPS) is 13.8. The fourth-order valence-corrected chi connectivity index (χ4v) is 1.08. The Bertz CT molecular complexity index is 172. The predicted molar refractivity (Wildman–Crippen MR) is 53.4 cm³/mol. The third-order valence-corrected chi connectivity index (χ3v) is 1.76. The van der Waals surface area contributed by atoms with Crippen LogP contribution < -0.4 is 5.32 Å². The van der Waals surface area contributed by atoms with Gasteiger partial charge in [-0.25, -0.2) is 0 Å². The van der Waals surface area contributed by atoms with Crippen LogP contribution in [0.25, 0.3) is 0 Å². The van der Waals surface area contributed by atoms with E-state index in [-0.39, 0.29) is 11.5 Å². The Hall–Kier alpha value is -0.590. The molecule has 3 heteroatoms. The SMILES string of the molecule is CCOC(C)(C)CNCC(C)C#N. The van der Waals surface area contributed by atoms with Crippen LogP contribution in [0, 0.1) is 17.2 Å². The minimum atomic E-state index is -0.135. The van der Waals surface area contributed by atoms with E-state index in [2.05, 4.69) is 11.4 Å². The maximum absolute atomic E-state index is 8.55. The van der Waals surface area contributed by atoms with Crippen LogP contribution >= 0.6 is 0 Å². The molecule has 0 spiro atoms. The number of nitrogens with one attached hydrogen (secondary N) is 1. The van der Waals surface area contributed by atoms with Gasteiger partial charge in [0.1, 0.15) is 0 Å². The van der Waals surface area contributed by atoms with Crippen LogP contribution in [0.15, 0.2) is 0 Å². The second kappa shape index (κ2) is 5.95. The number of ether oxygens (including phenoxy) is 1. The van der Waals surface area contributed by atoms with Crippen molar-refractivity contribution in [1.82, 2.24) is 5.32 Å². The topological polar surface area (TPSA) is 45.0 Å². The van der Waals surface area contributed by atoms with Gasteiger partial charge < -0.3 is 10.1 Å². The average Bonchev–Trinajstić information content (AvgIpc) is 2.03. The Morgan fingerprint density at radius 1 is 1.54 bits per heavy atom. The van der Waals surface area contributed by atoms with Crippen LogP contribution in [0.2, 0.25) is 0 Å². The Morgan fingerprint density at radius 3 is 2.62 bits per heavy atom. The summed E-state index contributed by atoms with van der Waals surface area (Å²) in [5.41, 5.74) is -0.135. The summed E-state index contributed by atoms with van der Waals surface area (Å²) in [6.45, 7) is 10.2. The summed E-state index contributed by atoms with van der Waals surface area (Å²) in [6, 6.07) is 2.18. The average molecular weight is 184 g/mol. The van der Waals surface area contributed by atoms with Crippen LogP contribution in [0.4, 0.5) is 0 Å². The number of hydrogen-bond acceptors (Lipinski definition) is 3. The molecule has 1 unspecified atom stereocenters. The molecule has 0 aromatic carbocycles. The summed E-state index contributed by atoms with van der Waals surface area (Å²) in [5.74, 6) is 0.0671. The lowest BCUT2D eigenvalue weighted by molar-refractivity contribution is -0.00889. The van der Waals surface area contributed by atoms with Crippen LogP contribution in [0.1, 0.15) is 27.7 Å². The summed E-state index contributed by atoms with van der Waals surface area (Å²) in [6.07, 6.45) is 0. The van der Waals surface area contributed by atoms with Gasteiger partial charge in [-0.05, 0) is 27.7 Å². The van der Waals surface area contributed by atoms with Gasteiger partial charge in [0.05, 0.1) is 17.6 Å². The Morgan fingerprint density at radius 2 is 2.15 bits per heavy atom. The minimum absolute atomic E-state index is 0.0671. The largest absolute Gasteiger partial charge is 0.375 e. The quantitative estimate of drug-likeness (QED) is 0.681. The number of rotatable bonds is 6. The molecule has 0 rings (SSSR count). The molecule has 1 N–H and O–H groups in total. The van der Waals surface area contributed by atoms with Crippen molar-refractivity contribution in [2.45, 2.75) is 33.3 Å².